The zero-order valence-corrected chi connectivity index (χ0v) is 18.5. The van der Waals surface area contributed by atoms with E-state index in [9.17, 15) is 14.4 Å². The zero-order chi connectivity index (χ0) is 24.1. The summed E-state index contributed by atoms with van der Waals surface area (Å²) >= 11 is 0. The monoisotopic (exact) mass is 464 g/mol. The van der Waals surface area contributed by atoms with E-state index in [1.165, 1.54) is 0 Å². The third-order valence-electron chi connectivity index (χ3n) is 5.54. The number of ether oxygens (including phenoxy) is 1. The molecule has 0 fully saturated rings. The molecule has 34 heavy (non-hydrogen) atoms. The number of carboxylic acid groups (broad SMARTS) is 1. The van der Waals surface area contributed by atoms with Crippen molar-refractivity contribution in [1.29, 1.82) is 0 Å². The average molecular weight is 464 g/mol. The SMILES string of the molecule is Cc1noc(CCNC(=O)C(CC(=O)O)NC(=O)OCC2c3ccccc3-c3ccccc32)n1. The molecule has 176 valence electrons. The molecule has 1 aromatic heterocycles. The highest BCUT2D eigenvalue weighted by Crippen LogP contribution is 2.44. The molecule has 10 heteroatoms. The van der Waals surface area contributed by atoms with Gasteiger partial charge in [-0.1, -0.05) is 53.7 Å². The summed E-state index contributed by atoms with van der Waals surface area (Å²) in [4.78, 5) is 40.2. The molecule has 0 radical (unpaired) electrons. The molecule has 0 bridgehead atoms. The van der Waals surface area contributed by atoms with E-state index in [-0.39, 0.29) is 25.5 Å². The summed E-state index contributed by atoms with van der Waals surface area (Å²) in [6.07, 6.45) is -1.18. The summed E-state index contributed by atoms with van der Waals surface area (Å²) < 4.78 is 10.4. The van der Waals surface area contributed by atoms with Crippen molar-refractivity contribution in [3.05, 3.63) is 71.4 Å². The van der Waals surface area contributed by atoms with Crippen LogP contribution in [0.1, 0.15) is 35.2 Å². The number of carbonyl (C=O) groups is 3. The zero-order valence-electron chi connectivity index (χ0n) is 18.5. The maximum atomic E-state index is 12.5. The van der Waals surface area contributed by atoms with E-state index in [1.807, 2.05) is 48.5 Å². The number of carbonyl (C=O) groups excluding carboxylic acids is 2. The first-order valence-corrected chi connectivity index (χ1v) is 10.8. The van der Waals surface area contributed by atoms with Gasteiger partial charge in [-0.05, 0) is 29.2 Å². The predicted octanol–water partition coefficient (Wildman–Crippen LogP) is 2.42. The van der Waals surface area contributed by atoms with Crippen LogP contribution >= 0.6 is 0 Å². The molecule has 1 aliphatic carbocycles. The number of alkyl carbamates (subject to hydrolysis) is 1. The Labute approximate surface area is 195 Å². The second-order valence-electron chi connectivity index (χ2n) is 7.90. The van der Waals surface area contributed by atoms with Gasteiger partial charge in [0, 0.05) is 18.9 Å². The van der Waals surface area contributed by atoms with Crippen LogP contribution < -0.4 is 10.6 Å². The summed E-state index contributed by atoms with van der Waals surface area (Å²) in [5.74, 6) is -1.21. The number of rotatable bonds is 9. The van der Waals surface area contributed by atoms with Crippen LogP contribution in [-0.4, -0.2) is 52.4 Å². The number of carboxylic acids is 1. The van der Waals surface area contributed by atoms with Gasteiger partial charge in [0.15, 0.2) is 5.82 Å². The molecule has 1 aliphatic rings. The lowest BCUT2D eigenvalue weighted by molar-refractivity contribution is -0.139. The molecular formula is C24H24N4O6. The molecule has 1 unspecified atom stereocenters. The van der Waals surface area contributed by atoms with Crippen LogP contribution in [0, 0.1) is 6.92 Å². The third-order valence-corrected chi connectivity index (χ3v) is 5.54. The van der Waals surface area contributed by atoms with Gasteiger partial charge < -0.3 is 25.0 Å². The van der Waals surface area contributed by atoms with Gasteiger partial charge in [-0.25, -0.2) is 4.79 Å². The van der Waals surface area contributed by atoms with Crippen molar-refractivity contribution in [3.8, 4) is 11.1 Å². The number of aryl methyl sites for hydroxylation is 1. The second kappa shape index (κ2) is 10.2. The number of benzene rings is 2. The van der Waals surface area contributed by atoms with Crippen LogP contribution in [0.5, 0.6) is 0 Å². The lowest BCUT2D eigenvalue weighted by Crippen LogP contribution is -2.48. The number of aromatic nitrogens is 2. The van der Waals surface area contributed by atoms with Crippen molar-refractivity contribution in [2.45, 2.75) is 31.7 Å². The number of amides is 2. The minimum atomic E-state index is -1.29. The third kappa shape index (κ3) is 5.22. The largest absolute Gasteiger partial charge is 0.481 e. The van der Waals surface area contributed by atoms with Gasteiger partial charge in [-0.15, -0.1) is 0 Å². The van der Waals surface area contributed by atoms with Crippen LogP contribution in [0.15, 0.2) is 53.1 Å². The van der Waals surface area contributed by atoms with Crippen molar-refractivity contribution in [2.75, 3.05) is 13.2 Å². The highest BCUT2D eigenvalue weighted by Gasteiger charge is 2.30. The van der Waals surface area contributed by atoms with E-state index in [4.69, 9.17) is 14.4 Å². The number of nitrogens with zero attached hydrogens (tertiary/aromatic N) is 2. The summed E-state index contributed by atoms with van der Waals surface area (Å²) in [5, 5.41) is 17.8. The molecule has 2 aromatic carbocycles. The quantitative estimate of drug-likeness (QED) is 0.438. The summed E-state index contributed by atoms with van der Waals surface area (Å²) in [6.45, 7) is 1.87. The molecule has 3 aromatic rings. The number of nitrogens with one attached hydrogen (secondary N) is 2. The number of aliphatic carboxylic acids is 1. The Morgan fingerprint density at radius 3 is 2.32 bits per heavy atom. The normalized spacial score (nSPS) is 13.0. The van der Waals surface area contributed by atoms with Crippen molar-refractivity contribution < 1.29 is 28.8 Å². The molecule has 4 rings (SSSR count). The Hall–Kier alpha value is -4.21. The number of fused-ring (bicyclic) bond motifs is 3. The summed E-state index contributed by atoms with van der Waals surface area (Å²) in [5.41, 5.74) is 4.28. The van der Waals surface area contributed by atoms with Crippen LogP contribution in [0.4, 0.5) is 4.79 Å². The predicted molar refractivity (Wildman–Crippen MR) is 120 cm³/mol. The highest BCUT2D eigenvalue weighted by molar-refractivity contribution is 5.89. The first kappa shape index (κ1) is 23.0. The molecule has 0 aliphatic heterocycles. The summed E-state index contributed by atoms with van der Waals surface area (Å²) in [6, 6.07) is 14.5. The topological polar surface area (TPSA) is 144 Å². The Morgan fingerprint density at radius 2 is 1.74 bits per heavy atom. The Kier molecular flexibility index (Phi) is 6.86. The smallest absolute Gasteiger partial charge is 0.407 e. The van der Waals surface area contributed by atoms with Crippen LogP contribution in [0.2, 0.25) is 0 Å². The molecule has 2 amide bonds. The minimum Gasteiger partial charge on any atom is -0.481 e. The van der Waals surface area contributed by atoms with E-state index in [2.05, 4.69) is 20.8 Å². The fourth-order valence-corrected chi connectivity index (χ4v) is 4.02. The molecule has 1 heterocycles. The molecule has 10 nitrogen and oxygen atoms in total. The van der Waals surface area contributed by atoms with Crippen LogP contribution in [-0.2, 0) is 20.7 Å². The lowest BCUT2D eigenvalue weighted by atomic mass is 9.98. The standard InChI is InChI=1S/C24H24N4O6/c1-14-26-21(34-28-14)10-11-25-23(31)20(12-22(29)30)27-24(32)33-13-19-17-8-4-2-6-15(17)16-7-3-5-9-18(16)19/h2-9,19-20H,10-13H2,1H3,(H,25,31)(H,27,32)(H,29,30). The van der Waals surface area contributed by atoms with Crippen LogP contribution in [0.25, 0.3) is 11.1 Å². The molecule has 3 N–H and O–H groups in total. The Bertz CT molecular complexity index is 1160. The average Bonchev–Trinajstić information content (AvgIpc) is 3.37. The van der Waals surface area contributed by atoms with Crippen molar-refractivity contribution in [2.24, 2.45) is 0 Å². The minimum absolute atomic E-state index is 0.0534. The first-order valence-electron chi connectivity index (χ1n) is 10.8. The maximum absolute atomic E-state index is 12.5. The van der Waals surface area contributed by atoms with Gasteiger partial charge >= 0.3 is 12.1 Å². The van der Waals surface area contributed by atoms with Gasteiger partial charge in [-0.2, -0.15) is 4.98 Å². The van der Waals surface area contributed by atoms with Gasteiger partial charge in [0.1, 0.15) is 12.6 Å². The molecule has 0 spiro atoms. The number of hydrogen-bond acceptors (Lipinski definition) is 7. The van der Waals surface area contributed by atoms with E-state index in [0.29, 0.717) is 11.7 Å². The van der Waals surface area contributed by atoms with E-state index in [0.717, 1.165) is 22.3 Å². The molecule has 0 saturated carbocycles. The second-order valence-corrected chi connectivity index (χ2v) is 7.90. The van der Waals surface area contributed by atoms with Crippen molar-refractivity contribution in [3.63, 3.8) is 0 Å². The van der Waals surface area contributed by atoms with E-state index >= 15 is 0 Å². The first-order chi connectivity index (χ1) is 16.4. The van der Waals surface area contributed by atoms with Gasteiger partial charge in [-0.3, -0.25) is 9.59 Å². The Balaban J connectivity index is 1.35. The Morgan fingerprint density at radius 1 is 1.09 bits per heavy atom. The fraction of sp³-hybridized carbons (Fsp3) is 0.292. The van der Waals surface area contributed by atoms with E-state index < -0.39 is 30.4 Å². The highest BCUT2D eigenvalue weighted by atomic mass is 16.5. The van der Waals surface area contributed by atoms with Gasteiger partial charge in [0.25, 0.3) is 0 Å². The molecule has 0 saturated heterocycles. The van der Waals surface area contributed by atoms with Crippen molar-refractivity contribution in [1.82, 2.24) is 20.8 Å². The lowest BCUT2D eigenvalue weighted by Gasteiger charge is -2.18. The van der Waals surface area contributed by atoms with Crippen LogP contribution in [0.3, 0.4) is 0 Å². The van der Waals surface area contributed by atoms with Gasteiger partial charge in [0.05, 0.1) is 6.42 Å². The maximum Gasteiger partial charge on any atom is 0.407 e. The molecule has 1 atom stereocenters. The molecular weight excluding hydrogens is 440 g/mol. The van der Waals surface area contributed by atoms with E-state index in [1.54, 1.807) is 6.92 Å². The van der Waals surface area contributed by atoms with Crippen molar-refractivity contribution >= 4 is 18.0 Å². The fourth-order valence-electron chi connectivity index (χ4n) is 4.02. The summed E-state index contributed by atoms with van der Waals surface area (Å²) in [7, 11) is 0. The van der Waals surface area contributed by atoms with Gasteiger partial charge in [0.2, 0.25) is 11.8 Å². The number of hydrogen-bond donors (Lipinski definition) is 3.